The molecule has 60 valence electrons. The zero-order valence-electron chi connectivity index (χ0n) is 7.70. The Morgan fingerprint density at radius 3 is 2.08 bits per heavy atom. The molecule has 0 saturated heterocycles. The summed E-state index contributed by atoms with van der Waals surface area (Å²) in [6, 6.07) is 10.4. The van der Waals surface area contributed by atoms with Gasteiger partial charge in [0.1, 0.15) is 0 Å². The van der Waals surface area contributed by atoms with Crippen molar-refractivity contribution < 1.29 is 28.3 Å². The van der Waals surface area contributed by atoms with E-state index in [2.05, 4.69) is 6.07 Å². The van der Waals surface area contributed by atoms with Gasteiger partial charge in [0.2, 0.25) is 0 Å². The SMILES string of the molecule is COC(OC)c1cc[c-]cc1.[Li+]. The summed E-state index contributed by atoms with van der Waals surface area (Å²) < 4.78 is 10.1. The van der Waals surface area contributed by atoms with E-state index in [9.17, 15) is 0 Å². The molecule has 0 fully saturated rings. The number of ether oxygens (including phenoxy) is 2. The van der Waals surface area contributed by atoms with E-state index in [4.69, 9.17) is 9.47 Å². The molecule has 1 aromatic rings. The van der Waals surface area contributed by atoms with E-state index in [0.717, 1.165) is 5.56 Å². The second kappa shape index (κ2) is 6.28. The predicted octanol–water partition coefficient (Wildman–Crippen LogP) is -1.22. The predicted molar refractivity (Wildman–Crippen MR) is 42.0 cm³/mol. The first-order chi connectivity index (χ1) is 5.38. The minimum atomic E-state index is -0.260. The van der Waals surface area contributed by atoms with Gasteiger partial charge in [0, 0.05) is 14.2 Å². The molecule has 12 heavy (non-hydrogen) atoms. The summed E-state index contributed by atoms with van der Waals surface area (Å²) in [5, 5.41) is 0. The number of rotatable bonds is 3. The molecule has 0 bridgehead atoms. The third kappa shape index (κ3) is 3.00. The van der Waals surface area contributed by atoms with Gasteiger partial charge in [-0.3, -0.25) is 0 Å². The van der Waals surface area contributed by atoms with E-state index < -0.39 is 0 Å². The zero-order chi connectivity index (χ0) is 8.10. The van der Waals surface area contributed by atoms with Crippen LogP contribution in [0.3, 0.4) is 0 Å². The van der Waals surface area contributed by atoms with E-state index in [1.54, 1.807) is 14.2 Å². The summed E-state index contributed by atoms with van der Waals surface area (Å²) in [7, 11) is 3.23. The van der Waals surface area contributed by atoms with Gasteiger partial charge in [-0.25, -0.2) is 0 Å². The molecule has 0 heterocycles. The fraction of sp³-hybridized carbons (Fsp3) is 0.333. The average molecular weight is 158 g/mol. The average Bonchev–Trinajstić information content (AvgIpc) is 2.09. The molecule has 0 N–H and O–H groups in total. The fourth-order valence-corrected chi connectivity index (χ4v) is 0.925. The van der Waals surface area contributed by atoms with Crippen molar-refractivity contribution in [1.29, 1.82) is 0 Å². The topological polar surface area (TPSA) is 18.5 Å². The quantitative estimate of drug-likeness (QED) is 0.312. The summed E-state index contributed by atoms with van der Waals surface area (Å²) in [5.41, 5.74) is 1.01. The Kier molecular flexibility index (Phi) is 6.14. The van der Waals surface area contributed by atoms with E-state index in [1.165, 1.54) is 0 Å². The molecule has 0 amide bonds. The second-order valence-electron chi connectivity index (χ2n) is 2.14. The molecule has 1 aromatic carbocycles. The van der Waals surface area contributed by atoms with Crippen molar-refractivity contribution in [3.05, 3.63) is 35.9 Å². The maximum atomic E-state index is 5.05. The normalized spacial score (nSPS) is 9.58. The summed E-state index contributed by atoms with van der Waals surface area (Å²) in [6.07, 6.45) is -0.260. The van der Waals surface area contributed by atoms with E-state index in [1.807, 2.05) is 24.3 Å². The molecule has 0 aliphatic heterocycles. The Balaban J connectivity index is 0.00000121. The molecule has 0 saturated carbocycles. The van der Waals surface area contributed by atoms with Crippen molar-refractivity contribution >= 4 is 0 Å². The minimum absolute atomic E-state index is 0. The van der Waals surface area contributed by atoms with Gasteiger partial charge < -0.3 is 9.47 Å². The van der Waals surface area contributed by atoms with Gasteiger partial charge >= 0.3 is 18.9 Å². The molecule has 0 atom stereocenters. The first kappa shape index (κ1) is 11.7. The first-order valence-electron chi connectivity index (χ1n) is 3.40. The van der Waals surface area contributed by atoms with Crippen LogP contribution in [0.25, 0.3) is 0 Å². The number of methoxy groups -OCH3 is 2. The van der Waals surface area contributed by atoms with E-state index >= 15 is 0 Å². The Morgan fingerprint density at radius 2 is 1.67 bits per heavy atom. The van der Waals surface area contributed by atoms with Crippen LogP contribution in [0, 0.1) is 6.07 Å². The van der Waals surface area contributed by atoms with E-state index in [0.29, 0.717) is 0 Å². The van der Waals surface area contributed by atoms with Crippen LogP contribution < -0.4 is 18.9 Å². The number of benzene rings is 1. The maximum Gasteiger partial charge on any atom is 1.00 e. The number of hydrogen-bond acceptors (Lipinski definition) is 2. The summed E-state index contributed by atoms with van der Waals surface area (Å²) in [5.74, 6) is 0. The van der Waals surface area contributed by atoms with Gasteiger partial charge in [0.25, 0.3) is 0 Å². The molecule has 0 aliphatic rings. The molecular weight excluding hydrogens is 147 g/mol. The standard InChI is InChI=1S/C9H11O2.Li/c1-10-9(11-2)8-6-4-3-5-7-8;/h4-7,9H,1-2H3;/q-1;+1. The van der Waals surface area contributed by atoms with Crippen molar-refractivity contribution in [2.45, 2.75) is 6.29 Å². The Labute approximate surface area is 85.1 Å². The maximum absolute atomic E-state index is 5.05. The molecule has 0 radical (unpaired) electrons. The monoisotopic (exact) mass is 158 g/mol. The molecule has 3 heteroatoms. The van der Waals surface area contributed by atoms with Crippen molar-refractivity contribution in [2.75, 3.05) is 14.2 Å². The molecule has 2 nitrogen and oxygen atoms in total. The smallest absolute Gasteiger partial charge is 0.354 e. The minimum Gasteiger partial charge on any atom is -0.354 e. The largest absolute Gasteiger partial charge is 1.00 e. The number of hydrogen-bond donors (Lipinski definition) is 0. The molecule has 0 unspecified atom stereocenters. The van der Waals surface area contributed by atoms with Gasteiger partial charge in [0.05, 0.1) is 0 Å². The van der Waals surface area contributed by atoms with Gasteiger partial charge in [-0.1, -0.05) is 0 Å². The molecule has 0 aliphatic carbocycles. The van der Waals surface area contributed by atoms with Gasteiger partial charge in [-0.2, -0.15) is 30.3 Å². The van der Waals surface area contributed by atoms with Crippen LogP contribution in [-0.4, -0.2) is 14.2 Å². The molecule has 0 spiro atoms. The van der Waals surface area contributed by atoms with Crippen molar-refractivity contribution in [3.63, 3.8) is 0 Å². The van der Waals surface area contributed by atoms with Crippen LogP contribution in [0.5, 0.6) is 0 Å². The van der Waals surface area contributed by atoms with Crippen molar-refractivity contribution in [2.24, 2.45) is 0 Å². The van der Waals surface area contributed by atoms with Crippen LogP contribution in [0.2, 0.25) is 0 Å². The van der Waals surface area contributed by atoms with Crippen LogP contribution in [0.15, 0.2) is 24.3 Å². The van der Waals surface area contributed by atoms with Crippen LogP contribution >= 0.6 is 0 Å². The van der Waals surface area contributed by atoms with Gasteiger partial charge in [-0.15, -0.1) is 5.56 Å². The molecule has 0 aromatic heterocycles. The van der Waals surface area contributed by atoms with E-state index in [-0.39, 0.29) is 25.2 Å². The summed E-state index contributed by atoms with van der Waals surface area (Å²) >= 11 is 0. The molecular formula is C9H11LiO2. The van der Waals surface area contributed by atoms with Crippen LogP contribution in [-0.2, 0) is 9.47 Å². The van der Waals surface area contributed by atoms with Crippen molar-refractivity contribution in [3.8, 4) is 0 Å². The zero-order valence-corrected chi connectivity index (χ0v) is 7.70. The van der Waals surface area contributed by atoms with Crippen LogP contribution in [0.4, 0.5) is 0 Å². The third-order valence-electron chi connectivity index (χ3n) is 1.44. The first-order valence-corrected chi connectivity index (χ1v) is 3.40. The van der Waals surface area contributed by atoms with Crippen molar-refractivity contribution in [1.82, 2.24) is 0 Å². The molecule has 1 rings (SSSR count). The van der Waals surface area contributed by atoms with Crippen LogP contribution in [0.1, 0.15) is 11.9 Å². The third-order valence-corrected chi connectivity index (χ3v) is 1.44. The summed E-state index contributed by atoms with van der Waals surface area (Å²) in [6.45, 7) is 0. The Hall–Kier alpha value is -0.263. The Morgan fingerprint density at radius 1 is 1.17 bits per heavy atom. The Bertz CT molecular complexity index is 197. The second-order valence-corrected chi connectivity index (χ2v) is 2.14. The van der Waals surface area contributed by atoms with Gasteiger partial charge in [-0.05, 0) is 0 Å². The van der Waals surface area contributed by atoms with Gasteiger partial charge in [0.15, 0.2) is 6.29 Å². The fourth-order valence-electron chi connectivity index (χ4n) is 0.925. The summed E-state index contributed by atoms with van der Waals surface area (Å²) in [4.78, 5) is 0.